The number of carbonyl (C=O) groups is 1. The molecule has 1 fully saturated rings. The quantitative estimate of drug-likeness (QED) is 0.743. The molecule has 1 heterocycles. The van der Waals surface area contributed by atoms with Crippen molar-refractivity contribution >= 4 is 15.9 Å². The summed E-state index contributed by atoms with van der Waals surface area (Å²) in [7, 11) is -1.99. The number of amides is 1. The van der Waals surface area contributed by atoms with Crippen LogP contribution < -0.4 is 0 Å². The number of halogens is 1. The molecule has 29 heavy (non-hydrogen) atoms. The van der Waals surface area contributed by atoms with E-state index in [-0.39, 0.29) is 23.2 Å². The number of rotatable bonds is 5. The van der Waals surface area contributed by atoms with Crippen molar-refractivity contribution in [1.29, 1.82) is 0 Å². The number of carbonyl (C=O) groups excluding carboxylic acids is 1. The van der Waals surface area contributed by atoms with Gasteiger partial charge in [-0.2, -0.15) is 4.31 Å². The zero-order chi connectivity index (χ0) is 21.2. The van der Waals surface area contributed by atoms with Gasteiger partial charge in [0.25, 0.3) is 5.91 Å². The molecular formula is C22H27FN2O3S. The van der Waals surface area contributed by atoms with Crippen molar-refractivity contribution in [3.8, 4) is 0 Å². The van der Waals surface area contributed by atoms with Gasteiger partial charge in [-0.25, -0.2) is 12.8 Å². The molecule has 0 N–H and O–H groups in total. The third-order valence-electron chi connectivity index (χ3n) is 5.29. The van der Waals surface area contributed by atoms with Gasteiger partial charge in [0.15, 0.2) is 0 Å². The number of piperidine rings is 1. The van der Waals surface area contributed by atoms with Crippen LogP contribution in [0, 0.1) is 17.7 Å². The van der Waals surface area contributed by atoms with Gasteiger partial charge in [0.2, 0.25) is 10.0 Å². The summed E-state index contributed by atoms with van der Waals surface area (Å²) in [5.74, 6) is -0.0150. The average Bonchev–Trinajstić information content (AvgIpc) is 2.68. The molecule has 0 aromatic heterocycles. The van der Waals surface area contributed by atoms with E-state index in [4.69, 9.17) is 0 Å². The number of hydrogen-bond donors (Lipinski definition) is 0. The van der Waals surface area contributed by atoms with Crippen LogP contribution in [-0.2, 0) is 16.6 Å². The van der Waals surface area contributed by atoms with Crippen LogP contribution in [0.5, 0.6) is 0 Å². The van der Waals surface area contributed by atoms with Crippen LogP contribution in [0.1, 0.15) is 36.2 Å². The second-order valence-electron chi connectivity index (χ2n) is 8.05. The van der Waals surface area contributed by atoms with Crippen molar-refractivity contribution in [2.24, 2.45) is 11.8 Å². The van der Waals surface area contributed by atoms with Crippen LogP contribution >= 0.6 is 0 Å². The molecule has 1 aliphatic rings. The Morgan fingerprint density at radius 1 is 1.07 bits per heavy atom. The smallest absolute Gasteiger partial charge is 0.253 e. The minimum Gasteiger partial charge on any atom is -0.337 e. The predicted molar refractivity (Wildman–Crippen MR) is 110 cm³/mol. The summed E-state index contributed by atoms with van der Waals surface area (Å²) in [6, 6.07) is 12.3. The molecule has 2 aromatic carbocycles. The lowest BCUT2D eigenvalue weighted by molar-refractivity contribution is 0.0783. The van der Waals surface area contributed by atoms with Crippen molar-refractivity contribution in [1.82, 2.24) is 9.21 Å². The molecule has 0 aliphatic carbocycles. The van der Waals surface area contributed by atoms with Crippen molar-refractivity contribution in [3.05, 3.63) is 65.5 Å². The van der Waals surface area contributed by atoms with Crippen LogP contribution in [-0.4, -0.2) is 43.7 Å². The monoisotopic (exact) mass is 418 g/mol. The molecular weight excluding hydrogens is 391 g/mol. The van der Waals surface area contributed by atoms with Gasteiger partial charge in [-0.1, -0.05) is 32.0 Å². The molecule has 0 bridgehead atoms. The first kappa shape index (κ1) is 21.5. The Morgan fingerprint density at radius 3 is 2.24 bits per heavy atom. The van der Waals surface area contributed by atoms with E-state index in [2.05, 4.69) is 13.8 Å². The van der Waals surface area contributed by atoms with Crippen LogP contribution in [0.3, 0.4) is 0 Å². The van der Waals surface area contributed by atoms with Crippen molar-refractivity contribution in [3.63, 3.8) is 0 Å². The van der Waals surface area contributed by atoms with Crippen LogP contribution in [0.2, 0.25) is 0 Å². The van der Waals surface area contributed by atoms with Gasteiger partial charge in [0.05, 0.1) is 4.90 Å². The average molecular weight is 419 g/mol. The van der Waals surface area contributed by atoms with Gasteiger partial charge in [-0.15, -0.1) is 0 Å². The Bertz CT molecular complexity index is 966. The summed E-state index contributed by atoms with van der Waals surface area (Å²) >= 11 is 0. The first-order chi connectivity index (χ1) is 13.7. The fourth-order valence-electron chi connectivity index (χ4n) is 3.89. The zero-order valence-corrected chi connectivity index (χ0v) is 17.8. The topological polar surface area (TPSA) is 57.7 Å². The van der Waals surface area contributed by atoms with Crippen LogP contribution in [0.25, 0.3) is 0 Å². The van der Waals surface area contributed by atoms with E-state index >= 15 is 0 Å². The van der Waals surface area contributed by atoms with Gasteiger partial charge in [0, 0.05) is 37.8 Å². The van der Waals surface area contributed by atoms with E-state index < -0.39 is 10.0 Å². The maximum atomic E-state index is 13.8. The number of sulfonamides is 1. The molecule has 1 aliphatic heterocycles. The normalized spacial score (nSPS) is 20.4. The zero-order valence-electron chi connectivity index (χ0n) is 17.0. The SMILES string of the molecule is CC1CC(C)CN(S(=O)(=O)c2ccc(C(=O)N(C)Cc3ccccc3F)cc2)C1. The molecule has 3 rings (SSSR count). The number of nitrogens with zero attached hydrogens (tertiary/aromatic N) is 2. The third kappa shape index (κ3) is 4.85. The largest absolute Gasteiger partial charge is 0.337 e. The number of benzene rings is 2. The standard InChI is InChI=1S/C22H27FN2O3S/c1-16-12-17(2)14-25(13-16)29(27,28)20-10-8-18(9-11-20)22(26)24(3)15-19-6-4-5-7-21(19)23/h4-11,16-17H,12-15H2,1-3H3. The summed E-state index contributed by atoms with van der Waals surface area (Å²) in [6.07, 6.45) is 1.02. The molecule has 156 valence electrons. The lowest BCUT2D eigenvalue weighted by Crippen LogP contribution is -2.42. The summed E-state index contributed by atoms with van der Waals surface area (Å²) in [5.41, 5.74) is 0.791. The first-order valence-electron chi connectivity index (χ1n) is 9.77. The molecule has 2 atom stereocenters. The molecule has 0 saturated carbocycles. The molecule has 5 nitrogen and oxygen atoms in total. The van der Waals surface area contributed by atoms with Crippen molar-refractivity contribution in [2.45, 2.75) is 31.7 Å². The van der Waals surface area contributed by atoms with Gasteiger partial charge < -0.3 is 4.90 Å². The molecule has 2 unspecified atom stereocenters. The van der Waals surface area contributed by atoms with Gasteiger partial charge in [-0.05, 0) is 48.6 Å². The number of hydrogen-bond acceptors (Lipinski definition) is 3. The lowest BCUT2D eigenvalue weighted by atomic mass is 9.94. The van der Waals surface area contributed by atoms with Crippen LogP contribution in [0.15, 0.2) is 53.4 Å². The second kappa shape index (κ2) is 8.63. The Morgan fingerprint density at radius 2 is 1.66 bits per heavy atom. The molecule has 0 spiro atoms. The van der Waals surface area contributed by atoms with E-state index in [9.17, 15) is 17.6 Å². The Labute approximate surface area is 172 Å². The third-order valence-corrected chi connectivity index (χ3v) is 7.13. The highest BCUT2D eigenvalue weighted by Crippen LogP contribution is 2.27. The fraction of sp³-hybridized carbons (Fsp3) is 0.409. The minimum absolute atomic E-state index is 0.134. The highest BCUT2D eigenvalue weighted by atomic mass is 32.2. The van der Waals surface area contributed by atoms with Crippen molar-refractivity contribution in [2.75, 3.05) is 20.1 Å². The first-order valence-corrected chi connectivity index (χ1v) is 11.2. The summed E-state index contributed by atoms with van der Waals surface area (Å²) in [5, 5.41) is 0. The van der Waals surface area contributed by atoms with Gasteiger partial charge in [-0.3, -0.25) is 4.79 Å². The van der Waals surface area contributed by atoms with E-state index in [0.29, 0.717) is 36.1 Å². The minimum atomic E-state index is -3.59. The molecule has 0 radical (unpaired) electrons. The Balaban J connectivity index is 1.73. The predicted octanol–water partition coefficient (Wildman–Crippen LogP) is 3.76. The van der Waals surface area contributed by atoms with Crippen LogP contribution in [0.4, 0.5) is 4.39 Å². The van der Waals surface area contributed by atoms with Gasteiger partial charge in [0.1, 0.15) is 5.82 Å². The second-order valence-corrected chi connectivity index (χ2v) is 9.98. The van der Waals surface area contributed by atoms with E-state index in [1.807, 2.05) is 0 Å². The van der Waals surface area contributed by atoms with E-state index in [0.717, 1.165) is 6.42 Å². The van der Waals surface area contributed by atoms with E-state index in [1.165, 1.54) is 39.5 Å². The fourth-order valence-corrected chi connectivity index (χ4v) is 5.57. The Hall–Kier alpha value is -2.25. The highest BCUT2D eigenvalue weighted by Gasteiger charge is 2.31. The maximum absolute atomic E-state index is 13.8. The highest BCUT2D eigenvalue weighted by molar-refractivity contribution is 7.89. The van der Waals surface area contributed by atoms with Gasteiger partial charge >= 0.3 is 0 Å². The molecule has 7 heteroatoms. The molecule has 1 amide bonds. The summed E-state index contributed by atoms with van der Waals surface area (Å²) in [6.45, 7) is 5.28. The Kier molecular flexibility index (Phi) is 6.39. The summed E-state index contributed by atoms with van der Waals surface area (Å²) < 4.78 is 41.3. The maximum Gasteiger partial charge on any atom is 0.253 e. The van der Waals surface area contributed by atoms with E-state index in [1.54, 1.807) is 25.2 Å². The van der Waals surface area contributed by atoms with Crippen molar-refractivity contribution < 1.29 is 17.6 Å². The lowest BCUT2D eigenvalue weighted by Gasteiger charge is -2.34. The molecule has 2 aromatic rings. The molecule has 1 saturated heterocycles. The summed E-state index contributed by atoms with van der Waals surface area (Å²) in [4.78, 5) is 14.3.